The van der Waals surface area contributed by atoms with Gasteiger partial charge in [-0.1, -0.05) is 47.5 Å². The van der Waals surface area contributed by atoms with E-state index >= 15 is 0 Å². The standard InChI is InChI=1S/C15H14Cl2FN/c16-12-6-5-10(14(17)8-12)7-11(9-19)13-3-1-2-4-15(13)18/h1-6,8,11H,7,9,19H2. The molecule has 0 aromatic heterocycles. The quantitative estimate of drug-likeness (QED) is 0.888. The molecule has 0 spiro atoms. The van der Waals surface area contributed by atoms with Gasteiger partial charge in [0.1, 0.15) is 5.82 Å². The Bertz CT molecular complexity index is 572. The zero-order valence-corrected chi connectivity index (χ0v) is 11.8. The summed E-state index contributed by atoms with van der Waals surface area (Å²) < 4.78 is 13.8. The van der Waals surface area contributed by atoms with E-state index in [0.29, 0.717) is 28.6 Å². The molecule has 0 saturated carbocycles. The molecule has 0 aliphatic carbocycles. The van der Waals surface area contributed by atoms with Gasteiger partial charge in [0.2, 0.25) is 0 Å². The zero-order valence-electron chi connectivity index (χ0n) is 10.2. The molecule has 0 aliphatic rings. The highest BCUT2D eigenvalue weighted by Gasteiger charge is 2.16. The van der Waals surface area contributed by atoms with Gasteiger partial charge in [-0.2, -0.15) is 0 Å². The van der Waals surface area contributed by atoms with Gasteiger partial charge in [0.05, 0.1) is 0 Å². The largest absolute Gasteiger partial charge is 0.330 e. The highest BCUT2D eigenvalue weighted by Crippen LogP contribution is 2.28. The molecular formula is C15H14Cl2FN. The maximum atomic E-state index is 13.8. The predicted molar refractivity (Wildman–Crippen MR) is 78.4 cm³/mol. The van der Waals surface area contributed by atoms with Crippen molar-refractivity contribution >= 4 is 23.2 Å². The maximum absolute atomic E-state index is 13.8. The molecule has 2 aromatic carbocycles. The molecule has 0 radical (unpaired) electrons. The van der Waals surface area contributed by atoms with Gasteiger partial charge >= 0.3 is 0 Å². The number of benzene rings is 2. The summed E-state index contributed by atoms with van der Waals surface area (Å²) in [5, 5.41) is 1.17. The molecule has 2 rings (SSSR count). The SMILES string of the molecule is NCC(Cc1ccc(Cl)cc1Cl)c1ccccc1F. The average molecular weight is 298 g/mol. The van der Waals surface area contributed by atoms with Crippen LogP contribution in [0.15, 0.2) is 42.5 Å². The van der Waals surface area contributed by atoms with Gasteiger partial charge in [-0.3, -0.25) is 0 Å². The normalized spacial score (nSPS) is 12.4. The van der Waals surface area contributed by atoms with Crippen LogP contribution < -0.4 is 5.73 Å². The van der Waals surface area contributed by atoms with Crippen molar-refractivity contribution < 1.29 is 4.39 Å². The van der Waals surface area contributed by atoms with Crippen LogP contribution in [-0.2, 0) is 6.42 Å². The molecule has 2 aromatic rings. The lowest BCUT2D eigenvalue weighted by molar-refractivity contribution is 0.576. The summed E-state index contributed by atoms with van der Waals surface area (Å²) in [6.45, 7) is 0.361. The molecule has 4 heteroatoms. The molecule has 0 amide bonds. The van der Waals surface area contributed by atoms with E-state index in [4.69, 9.17) is 28.9 Å². The van der Waals surface area contributed by atoms with Crippen LogP contribution in [-0.4, -0.2) is 6.54 Å². The first kappa shape index (κ1) is 14.3. The van der Waals surface area contributed by atoms with Gasteiger partial charge in [-0.25, -0.2) is 4.39 Å². The molecule has 0 bridgehead atoms. The number of nitrogens with two attached hydrogens (primary N) is 1. The predicted octanol–water partition coefficient (Wildman–Crippen LogP) is 4.42. The van der Waals surface area contributed by atoms with Gasteiger partial charge in [0, 0.05) is 16.0 Å². The first-order chi connectivity index (χ1) is 9.11. The second kappa shape index (κ2) is 6.38. The smallest absolute Gasteiger partial charge is 0.126 e. The van der Waals surface area contributed by atoms with Crippen molar-refractivity contribution in [2.75, 3.05) is 6.54 Å². The summed E-state index contributed by atoms with van der Waals surface area (Å²) in [7, 11) is 0. The third-order valence-corrected chi connectivity index (χ3v) is 3.70. The van der Waals surface area contributed by atoms with Crippen LogP contribution in [0, 0.1) is 5.82 Å². The highest BCUT2D eigenvalue weighted by molar-refractivity contribution is 6.35. The van der Waals surface area contributed by atoms with Crippen molar-refractivity contribution in [2.24, 2.45) is 5.73 Å². The van der Waals surface area contributed by atoms with Crippen LogP contribution in [0.3, 0.4) is 0 Å². The van der Waals surface area contributed by atoms with Crippen molar-refractivity contribution in [2.45, 2.75) is 12.3 Å². The van der Waals surface area contributed by atoms with Gasteiger partial charge in [0.25, 0.3) is 0 Å². The van der Waals surface area contributed by atoms with Gasteiger partial charge < -0.3 is 5.73 Å². The molecule has 1 atom stereocenters. The molecule has 19 heavy (non-hydrogen) atoms. The van der Waals surface area contributed by atoms with Crippen molar-refractivity contribution in [3.05, 3.63) is 69.5 Å². The number of rotatable bonds is 4. The van der Waals surface area contributed by atoms with E-state index in [1.807, 2.05) is 12.1 Å². The molecular weight excluding hydrogens is 284 g/mol. The van der Waals surface area contributed by atoms with Crippen molar-refractivity contribution in [3.8, 4) is 0 Å². The number of hydrogen-bond donors (Lipinski definition) is 1. The van der Waals surface area contributed by atoms with Crippen LogP contribution in [0.5, 0.6) is 0 Å². The van der Waals surface area contributed by atoms with Crippen LogP contribution in [0.2, 0.25) is 10.0 Å². The summed E-state index contributed by atoms with van der Waals surface area (Å²) in [5.41, 5.74) is 7.31. The summed E-state index contributed by atoms with van der Waals surface area (Å²) in [6, 6.07) is 12.0. The molecule has 0 aliphatic heterocycles. The molecule has 0 heterocycles. The van der Waals surface area contributed by atoms with Crippen molar-refractivity contribution in [1.82, 2.24) is 0 Å². The van der Waals surface area contributed by atoms with Crippen LogP contribution in [0.1, 0.15) is 17.0 Å². The minimum Gasteiger partial charge on any atom is -0.330 e. The minimum atomic E-state index is -0.233. The Morgan fingerprint density at radius 1 is 1.11 bits per heavy atom. The first-order valence-corrected chi connectivity index (χ1v) is 6.76. The molecule has 1 unspecified atom stereocenters. The Morgan fingerprint density at radius 2 is 1.84 bits per heavy atom. The Labute approximate surface area is 122 Å². The number of halogens is 3. The number of hydrogen-bond acceptors (Lipinski definition) is 1. The van der Waals surface area contributed by atoms with Crippen LogP contribution >= 0.6 is 23.2 Å². The van der Waals surface area contributed by atoms with Gasteiger partial charge in [-0.05, 0) is 42.3 Å². The average Bonchev–Trinajstić information content (AvgIpc) is 2.39. The summed E-state index contributed by atoms with van der Waals surface area (Å²) in [5.74, 6) is -0.331. The molecule has 1 nitrogen and oxygen atoms in total. The van der Waals surface area contributed by atoms with E-state index in [-0.39, 0.29) is 11.7 Å². The van der Waals surface area contributed by atoms with Crippen molar-refractivity contribution in [1.29, 1.82) is 0 Å². The van der Waals surface area contributed by atoms with Gasteiger partial charge in [-0.15, -0.1) is 0 Å². The van der Waals surface area contributed by atoms with E-state index in [0.717, 1.165) is 5.56 Å². The lowest BCUT2D eigenvalue weighted by Crippen LogP contribution is -2.16. The summed E-state index contributed by atoms with van der Waals surface area (Å²) in [4.78, 5) is 0. The zero-order chi connectivity index (χ0) is 13.8. The molecule has 0 fully saturated rings. The van der Waals surface area contributed by atoms with Gasteiger partial charge in [0.15, 0.2) is 0 Å². The van der Waals surface area contributed by atoms with Crippen LogP contribution in [0.25, 0.3) is 0 Å². The lowest BCUT2D eigenvalue weighted by atomic mass is 9.91. The van der Waals surface area contributed by atoms with E-state index < -0.39 is 0 Å². The second-order valence-electron chi connectivity index (χ2n) is 4.39. The fraction of sp³-hybridized carbons (Fsp3) is 0.200. The lowest BCUT2D eigenvalue weighted by Gasteiger charge is -2.17. The Morgan fingerprint density at radius 3 is 2.47 bits per heavy atom. The summed E-state index contributed by atoms with van der Waals surface area (Å²) in [6.07, 6.45) is 0.591. The summed E-state index contributed by atoms with van der Waals surface area (Å²) >= 11 is 12.0. The highest BCUT2D eigenvalue weighted by atomic mass is 35.5. The van der Waals surface area contributed by atoms with E-state index in [2.05, 4.69) is 0 Å². The fourth-order valence-corrected chi connectivity index (χ4v) is 2.56. The Kier molecular flexibility index (Phi) is 4.81. The molecule has 100 valence electrons. The van der Waals surface area contributed by atoms with E-state index in [1.54, 1.807) is 24.3 Å². The Balaban J connectivity index is 2.27. The van der Waals surface area contributed by atoms with E-state index in [1.165, 1.54) is 6.07 Å². The monoisotopic (exact) mass is 297 g/mol. The third kappa shape index (κ3) is 3.47. The van der Waals surface area contributed by atoms with Crippen LogP contribution in [0.4, 0.5) is 4.39 Å². The van der Waals surface area contributed by atoms with Crippen molar-refractivity contribution in [3.63, 3.8) is 0 Å². The first-order valence-electron chi connectivity index (χ1n) is 6.00. The van der Waals surface area contributed by atoms with E-state index in [9.17, 15) is 4.39 Å². The second-order valence-corrected chi connectivity index (χ2v) is 5.24. The maximum Gasteiger partial charge on any atom is 0.126 e. The fourth-order valence-electron chi connectivity index (χ4n) is 2.08. The minimum absolute atomic E-state index is 0.0973. The topological polar surface area (TPSA) is 26.0 Å². The third-order valence-electron chi connectivity index (χ3n) is 3.11. The Hall–Kier alpha value is -1.09. The molecule has 0 saturated heterocycles. The molecule has 2 N–H and O–H groups in total.